The minimum absolute atomic E-state index is 0.0240. The lowest BCUT2D eigenvalue weighted by Gasteiger charge is -2.16. The van der Waals surface area contributed by atoms with E-state index in [1.165, 1.54) is 24.3 Å². The monoisotopic (exact) mass is 328 g/mol. The Hall–Kier alpha value is -1.89. The molecule has 1 fully saturated rings. The summed E-state index contributed by atoms with van der Waals surface area (Å²) in [5, 5.41) is 15.4. The largest absolute Gasteiger partial charge is 0.435 e. The molecule has 0 bridgehead atoms. The van der Waals surface area contributed by atoms with Crippen LogP contribution in [0.4, 0.5) is 13.6 Å². The highest BCUT2D eigenvalue weighted by atomic mass is 19.3. The molecule has 0 spiro atoms. The fourth-order valence-electron chi connectivity index (χ4n) is 2.34. The summed E-state index contributed by atoms with van der Waals surface area (Å²) in [6.07, 6.45) is 2.41. The molecule has 1 aromatic rings. The molecule has 128 valence electrons. The molecule has 23 heavy (non-hydrogen) atoms. The standard InChI is InChI=1S/C16H22F2N2O3/c1-2-16(7-8-16)10-20-15(22)19-9-13(21)11-3-5-12(6-4-11)23-14(17)18/h3-6,13-14,21H,2,7-10H2,1H3,(H2,19,20,22). The molecular formula is C16H22F2N2O3. The summed E-state index contributed by atoms with van der Waals surface area (Å²) in [5.41, 5.74) is 0.773. The number of amides is 2. The van der Waals surface area contributed by atoms with Gasteiger partial charge in [0.25, 0.3) is 0 Å². The van der Waals surface area contributed by atoms with Crippen LogP contribution in [0.2, 0.25) is 0 Å². The van der Waals surface area contributed by atoms with Crippen molar-refractivity contribution in [3.63, 3.8) is 0 Å². The highest BCUT2D eigenvalue weighted by molar-refractivity contribution is 5.73. The van der Waals surface area contributed by atoms with Crippen LogP contribution in [0.5, 0.6) is 5.75 Å². The van der Waals surface area contributed by atoms with E-state index < -0.39 is 12.7 Å². The molecule has 0 radical (unpaired) electrons. The highest BCUT2D eigenvalue weighted by Crippen LogP contribution is 2.47. The van der Waals surface area contributed by atoms with Gasteiger partial charge in [-0.3, -0.25) is 0 Å². The fraction of sp³-hybridized carbons (Fsp3) is 0.562. The van der Waals surface area contributed by atoms with Crippen molar-refractivity contribution in [3.8, 4) is 5.75 Å². The first-order valence-corrected chi connectivity index (χ1v) is 7.69. The van der Waals surface area contributed by atoms with Gasteiger partial charge in [0.2, 0.25) is 0 Å². The van der Waals surface area contributed by atoms with Crippen LogP contribution in [0.1, 0.15) is 37.9 Å². The van der Waals surface area contributed by atoms with Gasteiger partial charge in [-0.2, -0.15) is 8.78 Å². The Morgan fingerprint density at radius 1 is 1.30 bits per heavy atom. The Morgan fingerprint density at radius 2 is 1.96 bits per heavy atom. The average molecular weight is 328 g/mol. The summed E-state index contributed by atoms with van der Waals surface area (Å²) in [7, 11) is 0. The van der Waals surface area contributed by atoms with Crippen LogP contribution in [0.3, 0.4) is 0 Å². The number of urea groups is 1. The molecule has 0 heterocycles. The van der Waals surface area contributed by atoms with Crippen LogP contribution in [0, 0.1) is 5.41 Å². The molecular weight excluding hydrogens is 306 g/mol. The maximum Gasteiger partial charge on any atom is 0.387 e. The van der Waals surface area contributed by atoms with E-state index in [1.54, 1.807) is 0 Å². The fourth-order valence-corrected chi connectivity index (χ4v) is 2.34. The lowest BCUT2D eigenvalue weighted by atomic mass is 10.0. The van der Waals surface area contributed by atoms with Crippen LogP contribution in [-0.4, -0.2) is 30.8 Å². The summed E-state index contributed by atoms with van der Waals surface area (Å²) in [4.78, 5) is 11.7. The van der Waals surface area contributed by atoms with Crippen LogP contribution in [-0.2, 0) is 0 Å². The number of carbonyl (C=O) groups is 1. The number of aliphatic hydroxyl groups excluding tert-OH is 1. The van der Waals surface area contributed by atoms with Gasteiger partial charge in [-0.1, -0.05) is 19.1 Å². The predicted molar refractivity (Wildman–Crippen MR) is 81.4 cm³/mol. The molecule has 7 heteroatoms. The van der Waals surface area contributed by atoms with E-state index in [2.05, 4.69) is 22.3 Å². The number of halogens is 2. The van der Waals surface area contributed by atoms with Gasteiger partial charge in [-0.15, -0.1) is 0 Å². The van der Waals surface area contributed by atoms with E-state index in [0.29, 0.717) is 12.1 Å². The number of alkyl halides is 2. The van der Waals surface area contributed by atoms with Gasteiger partial charge in [0.05, 0.1) is 6.10 Å². The molecule has 0 aliphatic heterocycles. The molecule has 1 aliphatic carbocycles. The molecule has 1 atom stereocenters. The number of rotatable bonds is 8. The molecule has 1 saturated carbocycles. The molecule has 0 aromatic heterocycles. The van der Waals surface area contributed by atoms with Crippen molar-refractivity contribution in [3.05, 3.63) is 29.8 Å². The third-order valence-corrected chi connectivity index (χ3v) is 4.28. The summed E-state index contributed by atoms with van der Waals surface area (Å²) in [5.74, 6) is 0.0240. The van der Waals surface area contributed by atoms with Crippen molar-refractivity contribution in [2.45, 2.75) is 38.9 Å². The third kappa shape index (κ3) is 5.35. The van der Waals surface area contributed by atoms with E-state index in [9.17, 15) is 18.7 Å². The highest BCUT2D eigenvalue weighted by Gasteiger charge is 2.40. The maximum absolute atomic E-state index is 12.0. The lowest BCUT2D eigenvalue weighted by molar-refractivity contribution is -0.0498. The smallest absolute Gasteiger partial charge is 0.387 e. The third-order valence-electron chi connectivity index (χ3n) is 4.28. The van der Waals surface area contributed by atoms with Crippen LogP contribution in [0.15, 0.2) is 24.3 Å². The number of carbonyl (C=O) groups excluding carboxylic acids is 1. The molecule has 1 unspecified atom stereocenters. The first-order valence-electron chi connectivity index (χ1n) is 7.69. The molecule has 5 nitrogen and oxygen atoms in total. The summed E-state index contributed by atoms with van der Waals surface area (Å²) in [6, 6.07) is 5.35. The van der Waals surface area contributed by atoms with Gasteiger partial charge in [0, 0.05) is 13.1 Å². The van der Waals surface area contributed by atoms with Gasteiger partial charge in [0.15, 0.2) is 0 Å². The zero-order valence-electron chi connectivity index (χ0n) is 13.0. The van der Waals surface area contributed by atoms with Crippen molar-refractivity contribution in [2.75, 3.05) is 13.1 Å². The van der Waals surface area contributed by atoms with E-state index in [4.69, 9.17) is 0 Å². The Bertz CT molecular complexity index is 519. The van der Waals surface area contributed by atoms with Gasteiger partial charge in [-0.25, -0.2) is 4.79 Å². The number of hydrogen-bond acceptors (Lipinski definition) is 3. The molecule has 0 saturated heterocycles. The average Bonchev–Trinajstić information content (AvgIpc) is 3.31. The van der Waals surface area contributed by atoms with Crippen molar-refractivity contribution < 1.29 is 23.4 Å². The molecule has 1 aromatic carbocycles. The number of aliphatic hydroxyl groups is 1. The first-order chi connectivity index (χ1) is 10.9. The number of benzene rings is 1. The summed E-state index contributed by atoms with van der Waals surface area (Å²) in [6.45, 7) is -0.0860. The van der Waals surface area contributed by atoms with Crippen molar-refractivity contribution >= 4 is 6.03 Å². The maximum atomic E-state index is 12.0. The zero-order chi connectivity index (χ0) is 16.9. The van der Waals surface area contributed by atoms with Crippen molar-refractivity contribution in [2.24, 2.45) is 5.41 Å². The van der Waals surface area contributed by atoms with Gasteiger partial charge in [0.1, 0.15) is 5.75 Å². The molecule has 2 rings (SSSR count). The van der Waals surface area contributed by atoms with E-state index in [-0.39, 0.29) is 23.7 Å². The topological polar surface area (TPSA) is 70.6 Å². The summed E-state index contributed by atoms with van der Waals surface area (Å²) >= 11 is 0. The molecule has 2 amide bonds. The zero-order valence-corrected chi connectivity index (χ0v) is 13.0. The van der Waals surface area contributed by atoms with Crippen molar-refractivity contribution in [1.82, 2.24) is 10.6 Å². The SMILES string of the molecule is CCC1(CNC(=O)NCC(O)c2ccc(OC(F)F)cc2)CC1. The van der Waals surface area contributed by atoms with Gasteiger partial charge in [-0.05, 0) is 42.4 Å². The number of hydrogen-bond donors (Lipinski definition) is 3. The second-order valence-electron chi connectivity index (χ2n) is 5.88. The number of nitrogens with one attached hydrogen (secondary N) is 2. The van der Waals surface area contributed by atoms with E-state index in [1.807, 2.05) is 0 Å². The Morgan fingerprint density at radius 3 is 2.48 bits per heavy atom. The van der Waals surface area contributed by atoms with Crippen LogP contribution in [0.25, 0.3) is 0 Å². The Labute approximate surface area is 134 Å². The second-order valence-corrected chi connectivity index (χ2v) is 5.88. The van der Waals surface area contributed by atoms with E-state index in [0.717, 1.165) is 19.3 Å². The molecule has 3 N–H and O–H groups in total. The van der Waals surface area contributed by atoms with Crippen molar-refractivity contribution in [1.29, 1.82) is 0 Å². The quantitative estimate of drug-likeness (QED) is 0.687. The Kier molecular flexibility index (Phi) is 5.76. The predicted octanol–water partition coefficient (Wildman–Crippen LogP) is 2.81. The summed E-state index contributed by atoms with van der Waals surface area (Å²) < 4.78 is 28.3. The van der Waals surface area contributed by atoms with Gasteiger partial charge < -0.3 is 20.5 Å². The normalized spacial score (nSPS) is 16.7. The lowest BCUT2D eigenvalue weighted by Crippen LogP contribution is -2.40. The first kappa shape index (κ1) is 17.5. The second kappa shape index (κ2) is 7.59. The van der Waals surface area contributed by atoms with E-state index >= 15 is 0 Å². The Balaban J connectivity index is 1.73. The van der Waals surface area contributed by atoms with Crippen LogP contribution >= 0.6 is 0 Å². The minimum Gasteiger partial charge on any atom is -0.435 e. The van der Waals surface area contributed by atoms with Gasteiger partial charge >= 0.3 is 12.6 Å². The van der Waals surface area contributed by atoms with Crippen LogP contribution < -0.4 is 15.4 Å². The number of ether oxygens (including phenoxy) is 1. The molecule has 1 aliphatic rings. The minimum atomic E-state index is -2.88.